The molecule has 19 heavy (non-hydrogen) atoms. The van der Waals surface area contributed by atoms with Crippen LogP contribution in [0.1, 0.15) is 30.7 Å². The first kappa shape index (κ1) is 14.0. The van der Waals surface area contributed by atoms with E-state index in [1.165, 1.54) is 11.1 Å². The maximum absolute atomic E-state index is 6.10. The molecular weight excluding hydrogens is 256 g/mol. The predicted octanol–water partition coefficient (Wildman–Crippen LogP) is 4.61. The first-order chi connectivity index (χ1) is 8.95. The highest BCUT2D eigenvalue weighted by atomic mass is 35.5. The highest BCUT2D eigenvalue weighted by Gasteiger charge is 2.08. The summed E-state index contributed by atoms with van der Waals surface area (Å²) in [5.74, 6) is 1.27. The Kier molecular flexibility index (Phi) is 4.20. The summed E-state index contributed by atoms with van der Waals surface area (Å²) in [5.41, 5.74) is 4.54. The van der Waals surface area contributed by atoms with Gasteiger partial charge in [-0.25, -0.2) is 9.97 Å². The van der Waals surface area contributed by atoms with Crippen LogP contribution in [-0.2, 0) is 6.42 Å². The van der Waals surface area contributed by atoms with Gasteiger partial charge in [-0.3, -0.25) is 0 Å². The molecule has 0 aliphatic heterocycles. The number of hydrogen-bond acceptors (Lipinski definition) is 2. The van der Waals surface area contributed by atoms with Gasteiger partial charge >= 0.3 is 0 Å². The van der Waals surface area contributed by atoms with Crippen LogP contribution in [0.15, 0.2) is 24.3 Å². The van der Waals surface area contributed by atoms with Gasteiger partial charge < -0.3 is 0 Å². The molecule has 1 heterocycles. The minimum atomic E-state index is 0.513. The average molecular weight is 275 g/mol. The van der Waals surface area contributed by atoms with Crippen LogP contribution in [-0.4, -0.2) is 9.97 Å². The molecule has 0 atom stereocenters. The third kappa shape index (κ3) is 3.54. The van der Waals surface area contributed by atoms with Crippen molar-refractivity contribution in [3.63, 3.8) is 0 Å². The van der Waals surface area contributed by atoms with Gasteiger partial charge in [-0.2, -0.15) is 0 Å². The van der Waals surface area contributed by atoms with E-state index in [1.807, 2.05) is 12.1 Å². The van der Waals surface area contributed by atoms with Crippen LogP contribution in [0.5, 0.6) is 0 Å². The highest BCUT2D eigenvalue weighted by molar-refractivity contribution is 6.29. The summed E-state index contributed by atoms with van der Waals surface area (Å²) in [7, 11) is 0. The van der Waals surface area contributed by atoms with E-state index in [-0.39, 0.29) is 0 Å². The maximum atomic E-state index is 6.10. The molecule has 0 bridgehead atoms. The van der Waals surface area contributed by atoms with Crippen LogP contribution in [0.2, 0.25) is 5.15 Å². The lowest BCUT2D eigenvalue weighted by Gasteiger charge is -2.08. The molecule has 100 valence electrons. The molecule has 0 aliphatic carbocycles. The lowest BCUT2D eigenvalue weighted by Crippen LogP contribution is -2.01. The molecule has 0 saturated heterocycles. The summed E-state index contributed by atoms with van der Waals surface area (Å²) in [5, 5.41) is 0.513. The fourth-order valence-corrected chi connectivity index (χ4v) is 2.20. The molecule has 3 heteroatoms. The minimum Gasteiger partial charge on any atom is -0.233 e. The smallest absolute Gasteiger partial charge is 0.161 e. The van der Waals surface area contributed by atoms with Crippen molar-refractivity contribution >= 4 is 11.6 Å². The van der Waals surface area contributed by atoms with Crippen molar-refractivity contribution in [2.75, 3.05) is 0 Å². The number of nitrogens with zero attached hydrogens (tertiary/aromatic N) is 2. The second kappa shape index (κ2) is 5.70. The molecule has 0 aliphatic rings. The van der Waals surface area contributed by atoms with E-state index in [4.69, 9.17) is 11.6 Å². The molecule has 0 radical (unpaired) electrons. The Bertz CT molecular complexity index is 591. The quantitative estimate of drug-likeness (QED) is 0.764. The molecule has 2 aromatic rings. The van der Waals surface area contributed by atoms with E-state index in [2.05, 4.69) is 49.8 Å². The van der Waals surface area contributed by atoms with Crippen molar-refractivity contribution < 1.29 is 0 Å². The fourth-order valence-electron chi connectivity index (χ4n) is 2.00. The van der Waals surface area contributed by atoms with Gasteiger partial charge in [0.2, 0.25) is 0 Å². The van der Waals surface area contributed by atoms with Gasteiger partial charge in [0.15, 0.2) is 5.82 Å². The predicted molar refractivity (Wildman–Crippen MR) is 80.5 cm³/mol. The topological polar surface area (TPSA) is 25.8 Å². The second-order valence-electron chi connectivity index (χ2n) is 5.40. The summed E-state index contributed by atoms with van der Waals surface area (Å²) in [6.45, 7) is 8.54. The van der Waals surface area contributed by atoms with Gasteiger partial charge in [-0.1, -0.05) is 37.6 Å². The molecule has 0 amide bonds. The van der Waals surface area contributed by atoms with Crippen LogP contribution >= 0.6 is 11.6 Å². The van der Waals surface area contributed by atoms with Crippen molar-refractivity contribution in [3.05, 3.63) is 46.2 Å². The number of halogens is 1. The summed E-state index contributed by atoms with van der Waals surface area (Å²) in [6, 6.07) is 8.11. The Morgan fingerprint density at radius 3 is 2.42 bits per heavy atom. The van der Waals surface area contributed by atoms with Gasteiger partial charge in [-0.05, 0) is 49.4 Å². The Hall–Kier alpha value is -1.41. The van der Waals surface area contributed by atoms with Crippen LogP contribution in [0.3, 0.4) is 0 Å². The Labute approximate surface area is 119 Å². The summed E-state index contributed by atoms with van der Waals surface area (Å²) >= 11 is 6.10. The first-order valence-corrected chi connectivity index (χ1v) is 6.94. The number of benzene rings is 1. The molecule has 1 aromatic heterocycles. The monoisotopic (exact) mass is 274 g/mol. The molecule has 0 unspecified atom stereocenters. The molecule has 1 aromatic carbocycles. The van der Waals surface area contributed by atoms with Gasteiger partial charge in [0.25, 0.3) is 0 Å². The van der Waals surface area contributed by atoms with E-state index >= 15 is 0 Å². The molecule has 0 N–H and O–H groups in total. The zero-order chi connectivity index (χ0) is 14.0. The number of hydrogen-bond donors (Lipinski definition) is 0. The zero-order valence-electron chi connectivity index (χ0n) is 11.9. The molecule has 0 fully saturated rings. The second-order valence-corrected chi connectivity index (χ2v) is 5.79. The first-order valence-electron chi connectivity index (χ1n) is 6.57. The molecule has 2 nitrogen and oxygen atoms in total. The largest absolute Gasteiger partial charge is 0.233 e. The van der Waals surface area contributed by atoms with E-state index < -0.39 is 0 Å². The van der Waals surface area contributed by atoms with Crippen molar-refractivity contribution in [3.8, 4) is 11.4 Å². The molecule has 0 saturated carbocycles. The standard InChI is InChI=1S/C16H19ClN2/c1-10(2)7-14-9-15(17)19-16(18-14)13-6-5-11(3)12(4)8-13/h5-6,8-10H,7H2,1-4H3. The van der Waals surface area contributed by atoms with Gasteiger partial charge in [-0.15, -0.1) is 0 Å². The van der Waals surface area contributed by atoms with Gasteiger partial charge in [0, 0.05) is 11.3 Å². The molecule has 0 spiro atoms. The number of rotatable bonds is 3. The third-order valence-electron chi connectivity index (χ3n) is 3.13. The van der Waals surface area contributed by atoms with Gasteiger partial charge in [0.1, 0.15) is 5.15 Å². The summed E-state index contributed by atoms with van der Waals surface area (Å²) < 4.78 is 0. The average Bonchev–Trinajstić information content (AvgIpc) is 2.31. The number of aromatic nitrogens is 2. The SMILES string of the molecule is Cc1ccc(-c2nc(Cl)cc(CC(C)C)n2)cc1C. The summed E-state index contributed by atoms with van der Waals surface area (Å²) in [4.78, 5) is 8.96. The molecule has 2 rings (SSSR count). The van der Waals surface area contributed by atoms with Crippen molar-refractivity contribution in [2.24, 2.45) is 5.92 Å². The maximum Gasteiger partial charge on any atom is 0.161 e. The highest BCUT2D eigenvalue weighted by Crippen LogP contribution is 2.21. The van der Waals surface area contributed by atoms with Crippen LogP contribution in [0, 0.1) is 19.8 Å². The lowest BCUT2D eigenvalue weighted by molar-refractivity contribution is 0.634. The molecular formula is C16H19ClN2. The van der Waals surface area contributed by atoms with E-state index in [1.54, 1.807) is 0 Å². The third-order valence-corrected chi connectivity index (χ3v) is 3.32. The van der Waals surface area contributed by atoms with E-state index in [9.17, 15) is 0 Å². The van der Waals surface area contributed by atoms with E-state index in [0.29, 0.717) is 16.9 Å². The minimum absolute atomic E-state index is 0.513. The van der Waals surface area contributed by atoms with Crippen molar-refractivity contribution in [1.82, 2.24) is 9.97 Å². The normalized spacial score (nSPS) is 11.1. The van der Waals surface area contributed by atoms with E-state index in [0.717, 1.165) is 17.7 Å². The van der Waals surface area contributed by atoms with Crippen LogP contribution < -0.4 is 0 Å². The Morgan fingerprint density at radius 1 is 1.05 bits per heavy atom. The van der Waals surface area contributed by atoms with Crippen LogP contribution in [0.25, 0.3) is 11.4 Å². The van der Waals surface area contributed by atoms with Crippen molar-refractivity contribution in [1.29, 1.82) is 0 Å². The Balaban J connectivity index is 2.43. The fraction of sp³-hybridized carbons (Fsp3) is 0.375. The van der Waals surface area contributed by atoms with Gasteiger partial charge in [0.05, 0.1) is 0 Å². The zero-order valence-corrected chi connectivity index (χ0v) is 12.6. The lowest BCUT2D eigenvalue weighted by atomic mass is 10.1. The summed E-state index contributed by atoms with van der Waals surface area (Å²) in [6.07, 6.45) is 0.917. The Morgan fingerprint density at radius 2 is 1.79 bits per heavy atom. The number of aryl methyl sites for hydroxylation is 2. The van der Waals surface area contributed by atoms with Crippen molar-refractivity contribution in [2.45, 2.75) is 34.1 Å². The van der Waals surface area contributed by atoms with Crippen LogP contribution in [0.4, 0.5) is 0 Å².